The van der Waals surface area contributed by atoms with E-state index in [0.29, 0.717) is 12.5 Å². The van der Waals surface area contributed by atoms with Crippen molar-refractivity contribution in [1.29, 1.82) is 0 Å². The number of nitrogens with two attached hydrogens (primary N) is 1. The van der Waals surface area contributed by atoms with Crippen LogP contribution in [0, 0.1) is 0 Å². The molecular weight excluding hydrogens is 238 g/mol. The second kappa shape index (κ2) is 6.23. The Balaban J connectivity index is 1.68. The molecule has 0 aromatic heterocycles. The van der Waals surface area contributed by atoms with Crippen molar-refractivity contribution in [2.45, 2.75) is 75.9 Å². The Morgan fingerprint density at radius 3 is 2.58 bits per heavy atom. The van der Waals surface area contributed by atoms with Gasteiger partial charge in [-0.25, -0.2) is 0 Å². The molecule has 4 nitrogen and oxygen atoms in total. The van der Waals surface area contributed by atoms with Crippen LogP contribution in [0.2, 0.25) is 0 Å². The van der Waals surface area contributed by atoms with Gasteiger partial charge in [0.15, 0.2) is 0 Å². The summed E-state index contributed by atoms with van der Waals surface area (Å²) in [5, 5.41) is 3.06. The summed E-state index contributed by atoms with van der Waals surface area (Å²) in [6.07, 6.45) is 8.71. The summed E-state index contributed by atoms with van der Waals surface area (Å²) in [6, 6.07) is 1.16. The summed E-state index contributed by atoms with van der Waals surface area (Å²) in [6.45, 7) is 2.92. The lowest BCUT2D eigenvalue weighted by molar-refractivity contribution is -0.122. The van der Waals surface area contributed by atoms with Gasteiger partial charge in [0.2, 0.25) is 5.91 Å². The standard InChI is InChI=1S/C15H29N3O/c1-12(18(2)13-6-7-13)11-17-14(19)10-15(16)8-4-3-5-9-15/h12-13H,3-11,16H2,1-2H3,(H,17,19). The van der Waals surface area contributed by atoms with E-state index in [0.717, 1.165) is 25.4 Å². The Morgan fingerprint density at radius 2 is 2.00 bits per heavy atom. The van der Waals surface area contributed by atoms with Crippen LogP contribution < -0.4 is 11.1 Å². The molecule has 0 aromatic carbocycles. The number of carbonyl (C=O) groups is 1. The highest BCUT2D eigenvalue weighted by Gasteiger charge is 2.31. The van der Waals surface area contributed by atoms with Crippen molar-refractivity contribution in [2.24, 2.45) is 5.73 Å². The molecule has 2 aliphatic rings. The number of carbonyl (C=O) groups excluding carboxylic acids is 1. The van der Waals surface area contributed by atoms with Gasteiger partial charge in [-0.15, -0.1) is 0 Å². The van der Waals surface area contributed by atoms with Crippen LogP contribution in [-0.4, -0.2) is 42.0 Å². The van der Waals surface area contributed by atoms with E-state index < -0.39 is 0 Å². The Hall–Kier alpha value is -0.610. The van der Waals surface area contributed by atoms with Gasteiger partial charge < -0.3 is 11.1 Å². The topological polar surface area (TPSA) is 58.4 Å². The molecule has 0 radical (unpaired) electrons. The molecule has 3 N–H and O–H groups in total. The van der Waals surface area contributed by atoms with E-state index in [1.54, 1.807) is 0 Å². The van der Waals surface area contributed by atoms with Crippen LogP contribution in [0.25, 0.3) is 0 Å². The van der Waals surface area contributed by atoms with Gasteiger partial charge in [0.05, 0.1) is 0 Å². The van der Waals surface area contributed by atoms with E-state index in [-0.39, 0.29) is 11.4 Å². The summed E-state index contributed by atoms with van der Waals surface area (Å²) >= 11 is 0. The number of amides is 1. The first kappa shape index (κ1) is 14.8. The fourth-order valence-corrected chi connectivity index (χ4v) is 3.06. The highest BCUT2D eigenvalue weighted by molar-refractivity contribution is 5.77. The first-order valence-corrected chi connectivity index (χ1v) is 7.78. The van der Waals surface area contributed by atoms with E-state index in [2.05, 4.69) is 24.2 Å². The number of rotatable bonds is 6. The molecule has 110 valence electrons. The molecule has 0 heterocycles. The highest BCUT2D eigenvalue weighted by Crippen LogP contribution is 2.29. The quantitative estimate of drug-likeness (QED) is 0.769. The lowest BCUT2D eigenvalue weighted by atomic mass is 9.80. The van der Waals surface area contributed by atoms with Crippen LogP contribution in [0.15, 0.2) is 0 Å². The average molecular weight is 267 g/mol. The molecule has 1 unspecified atom stereocenters. The second-order valence-electron chi connectivity index (χ2n) is 6.65. The van der Waals surface area contributed by atoms with Gasteiger partial charge in [0.1, 0.15) is 0 Å². The third-order valence-corrected chi connectivity index (χ3v) is 4.77. The van der Waals surface area contributed by atoms with Gasteiger partial charge in [-0.2, -0.15) is 0 Å². The van der Waals surface area contributed by atoms with Crippen molar-refractivity contribution >= 4 is 5.91 Å². The first-order valence-electron chi connectivity index (χ1n) is 7.78. The number of hydrogen-bond donors (Lipinski definition) is 2. The minimum absolute atomic E-state index is 0.125. The van der Waals surface area contributed by atoms with E-state index in [1.165, 1.54) is 32.1 Å². The zero-order chi connectivity index (χ0) is 13.9. The van der Waals surface area contributed by atoms with Crippen LogP contribution in [0.5, 0.6) is 0 Å². The summed E-state index contributed by atoms with van der Waals surface area (Å²) in [4.78, 5) is 14.4. The number of hydrogen-bond acceptors (Lipinski definition) is 3. The Bertz CT molecular complexity index is 309. The fourth-order valence-electron chi connectivity index (χ4n) is 3.06. The fraction of sp³-hybridized carbons (Fsp3) is 0.933. The van der Waals surface area contributed by atoms with E-state index >= 15 is 0 Å². The maximum absolute atomic E-state index is 12.0. The molecule has 2 saturated carbocycles. The molecule has 1 amide bonds. The molecule has 19 heavy (non-hydrogen) atoms. The van der Waals surface area contributed by atoms with Crippen molar-refractivity contribution in [3.8, 4) is 0 Å². The first-order chi connectivity index (χ1) is 9.00. The van der Waals surface area contributed by atoms with Crippen LogP contribution >= 0.6 is 0 Å². The lowest BCUT2D eigenvalue weighted by Gasteiger charge is -2.33. The van der Waals surface area contributed by atoms with Crippen molar-refractivity contribution in [2.75, 3.05) is 13.6 Å². The van der Waals surface area contributed by atoms with Crippen molar-refractivity contribution in [3.63, 3.8) is 0 Å². The van der Waals surface area contributed by atoms with Crippen LogP contribution in [-0.2, 0) is 4.79 Å². The minimum atomic E-state index is -0.242. The molecule has 0 aromatic rings. The molecule has 4 heteroatoms. The Kier molecular flexibility index (Phi) is 4.85. The van der Waals surface area contributed by atoms with Gasteiger partial charge in [-0.05, 0) is 39.7 Å². The molecule has 2 fully saturated rings. The Labute approximate surface area is 117 Å². The Morgan fingerprint density at radius 1 is 1.37 bits per heavy atom. The predicted octanol–water partition coefficient (Wildman–Crippen LogP) is 1.64. The van der Waals surface area contributed by atoms with Gasteiger partial charge in [0, 0.05) is 30.6 Å². The third kappa shape index (κ3) is 4.46. The highest BCUT2D eigenvalue weighted by atomic mass is 16.1. The molecular formula is C15H29N3O. The summed E-state index contributed by atoms with van der Waals surface area (Å²) in [5.41, 5.74) is 6.07. The van der Waals surface area contributed by atoms with Crippen LogP contribution in [0.4, 0.5) is 0 Å². The molecule has 2 aliphatic carbocycles. The maximum Gasteiger partial charge on any atom is 0.221 e. The monoisotopic (exact) mass is 267 g/mol. The lowest BCUT2D eigenvalue weighted by Crippen LogP contribution is -2.48. The zero-order valence-corrected chi connectivity index (χ0v) is 12.5. The maximum atomic E-state index is 12.0. The van der Waals surface area contributed by atoms with E-state index in [9.17, 15) is 4.79 Å². The van der Waals surface area contributed by atoms with E-state index in [1.807, 2.05) is 0 Å². The molecule has 1 atom stereocenters. The summed E-state index contributed by atoms with van der Waals surface area (Å²) in [5.74, 6) is 0.125. The third-order valence-electron chi connectivity index (χ3n) is 4.77. The molecule has 2 rings (SSSR count). The number of nitrogens with one attached hydrogen (secondary N) is 1. The van der Waals surface area contributed by atoms with Gasteiger partial charge in [-0.1, -0.05) is 19.3 Å². The molecule has 0 aliphatic heterocycles. The summed E-state index contributed by atoms with van der Waals surface area (Å²) in [7, 11) is 2.15. The molecule has 0 spiro atoms. The van der Waals surface area contributed by atoms with Gasteiger partial charge in [0.25, 0.3) is 0 Å². The second-order valence-corrected chi connectivity index (χ2v) is 6.65. The van der Waals surface area contributed by atoms with Crippen molar-refractivity contribution in [3.05, 3.63) is 0 Å². The minimum Gasteiger partial charge on any atom is -0.354 e. The number of nitrogens with zero attached hydrogens (tertiary/aromatic N) is 1. The number of likely N-dealkylation sites (N-methyl/N-ethyl adjacent to an activating group) is 1. The summed E-state index contributed by atoms with van der Waals surface area (Å²) < 4.78 is 0. The smallest absolute Gasteiger partial charge is 0.221 e. The molecule has 0 bridgehead atoms. The van der Waals surface area contributed by atoms with Crippen LogP contribution in [0.3, 0.4) is 0 Å². The predicted molar refractivity (Wildman–Crippen MR) is 77.9 cm³/mol. The normalized spacial score (nSPS) is 24.2. The largest absolute Gasteiger partial charge is 0.354 e. The van der Waals surface area contributed by atoms with Crippen molar-refractivity contribution < 1.29 is 4.79 Å². The van der Waals surface area contributed by atoms with Gasteiger partial charge >= 0.3 is 0 Å². The van der Waals surface area contributed by atoms with Gasteiger partial charge in [-0.3, -0.25) is 9.69 Å². The van der Waals surface area contributed by atoms with Crippen molar-refractivity contribution in [1.82, 2.24) is 10.2 Å². The van der Waals surface area contributed by atoms with E-state index in [4.69, 9.17) is 5.73 Å². The average Bonchev–Trinajstić information content (AvgIpc) is 3.19. The SMILES string of the molecule is CC(CNC(=O)CC1(N)CCCCC1)N(C)C1CC1. The van der Waals surface area contributed by atoms with Crippen LogP contribution in [0.1, 0.15) is 58.3 Å². The zero-order valence-electron chi connectivity index (χ0n) is 12.5. The molecule has 0 saturated heterocycles.